The molecule has 0 aromatic heterocycles. The van der Waals surface area contributed by atoms with Gasteiger partial charge in [-0.3, -0.25) is 4.79 Å². The minimum atomic E-state index is -0.0984. The van der Waals surface area contributed by atoms with E-state index in [4.69, 9.17) is 10.5 Å². The highest BCUT2D eigenvalue weighted by Crippen LogP contribution is 2.19. The van der Waals surface area contributed by atoms with Gasteiger partial charge >= 0.3 is 0 Å². The molecule has 4 heteroatoms. The number of hydrogen-bond acceptors (Lipinski definition) is 3. The Morgan fingerprint density at radius 3 is 2.45 bits per heavy atom. The molecule has 0 heterocycles. The topological polar surface area (TPSA) is 64.3 Å². The largest absolute Gasteiger partial charge is 0.484 e. The molecule has 20 heavy (non-hydrogen) atoms. The van der Waals surface area contributed by atoms with Crippen molar-refractivity contribution in [2.24, 2.45) is 17.8 Å². The van der Waals surface area contributed by atoms with Crippen LogP contribution >= 0.6 is 0 Å². The third kappa shape index (κ3) is 5.51. The molecule has 0 aliphatic rings. The van der Waals surface area contributed by atoms with Crippen LogP contribution in [0.5, 0.6) is 5.75 Å². The Labute approximate surface area is 121 Å². The SMILES string of the molecule is CC(C)C(CNC(=O)COc1cccc(N)c1)C(C)C. The molecule has 0 radical (unpaired) electrons. The van der Waals surface area contributed by atoms with Crippen molar-refractivity contribution in [3.05, 3.63) is 24.3 Å². The molecule has 0 saturated carbocycles. The summed E-state index contributed by atoms with van der Waals surface area (Å²) in [4.78, 5) is 11.8. The van der Waals surface area contributed by atoms with Crippen LogP contribution in [0.2, 0.25) is 0 Å². The third-order valence-corrected chi connectivity index (χ3v) is 3.48. The van der Waals surface area contributed by atoms with Crippen LogP contribution in [0.1, 0.15) is 27.7 Å². The van der Waals surface area contributed by atoms with Gasteiger partial charge in [0, 0.05) is 18.3 Å². The van der Waals surface area contributed by atoms with Crippen molar-refractivity contribution < 1.29 is 9.53 Å². The van der Waals surface area contributed by atoms with Crippen molar-refractivity contribution in [3.63, 3.8) is 0 Å². The second kappa shape index (κ2) is 7.78. The summed E-state index contributed by atoms with van der Waals surface area (Å²) in [5.74, 6) is 2.09. The zero-order chi connectivity index (χ0) is 15.1. The number of benzene rings is 1. The van der Waals surface area contributed by atoms with Gasteiger partial charge in [0.05, 0.1) is 0 Å². The average Bonchev–Trinajstić information content (AvgIpc) is 2.35. The van der Waals surface area contributed by atoms with Crippen LogP contribution in [0.4, 0.5) is 5.69 Å². The second-order valence-electron chi connectivity index (χ2n) is 5.82. The maximum Gasteiger partial charge on any atom is 0.257 e. The van der Waals surface area contributed by atoms with Crippen LogP contribution in [0.25, 0.3) is 0 Å². The molecule has 0 unspecified atom stereocenters. The lowest BCUT2D eigenvalue weighted by atomic mass is 9.85. The van der Waals surface area contributed by atoms with Crippen LogP contribution in [0.15, 0.2) is 24.3 Å². The van der Waals surface area contributed by atoms with Gasteiger partial charge in [0.15, 0.2) is 6.61 Å². The Bertz CT molecular complexity index is 422. The average molecular weight is 278 g/mol. The molecule has 3 N–H and O–H groups in total. The molecule has 0 aliphatic carbocycles. The fraction of sp³-hybridized carbons (Fsp3) is 0.562. The van der Waals surface area contributed by atoms with E-state index in [0.717, 1.165) is 0 Å². The van der Waals surface area contributed by atoms with Gasteiger partial charge in [0.2, 0.25) is 0 Å². The molecule has 0 fully saturated rings. The molecule has 1 aromatic carbocycles. The third-order valence-electron chi connectivity index (χ3n) is 3.48. The lowest BCUT2D eigenvalue weighted by Crippen LogP contribution is -2.36. The van der Waals surface area contributed by atoms with Gasteiger partial charge in [0.25, 0.3) is 5.91 Å². The van der Waals surface area contributed by atoms with Crippen LogP contribution in [-0.4, -0.2) is 19.1 Å². The lowest BCUT2D eigenvalue weighted by Gasteiger charge is -2.25. The zero-order valence-electron chi connectivity index (χ0n) is 12.8. The first-order valence-electron chi connectivity index (χ1n) is 7.15. The first-order chi connectivity index (χ1) is 9.40. The van der Waals surface area contributed by atoms with Crippen LogP contribution < -0.4 is 15.8 Å². The molecule has 4 nitrogen and oxygen atoms in total. The van der Waals surface area contributed by atoms with Gasteiger partial charge in [-0.25, -0.2) is 0 Å². The summed E-state index contributed by atoms with van der Waals surface area (Å²) in [6.07, 6.45) is 0. The summed E-state index contributed by atoms with van der Waals surface area (Å²) in [5, 5.41) is 2.94. The van der Waals surface area contributed by atoms with E-state index in [1.165, 1.54) is 0 Å². The van der Waals surface area contributed by atoms with Crippen molar-refractivity contribution in [1.82, 2.24) is 5.32 Å². The summed E-state index contributed by atoms with van der Waals surface area (Å²) in [7, 11) is 0. The van der Waals surface area contributed by atoms with E-state index in [-0.39, 0.29) is 12.5 Å². The van der Waals surface area contributed by atoms with Gasteiger partial charge in [-0.2, -0.15) is 0 Å². The number of carbonyl (C=O) groups excluding carboxylic acids is 1. The second-order valence-corrected chi connectivity index (χ2v) is 5.82. The number of anilines is 1. The van der Waals surface area contributed by atoms with Crippen LogP contribution in [-0.2, 0) is 4.79 Å². The fourth-order valence-corrected chi connectivity index (χ4v) is 2.28. The Balaban J connectivity index is 2.37. The Hall–Kier alpha value is -1.71. The maximum atomic E-state index is 11.8. The molecule has 1 aromatic rings. The summed E-state index contributed by atoms with van der Waals surface area (Å²) in [6, 6.07) is 7.08. The number of nitrogens with two attached hydrogens (primary N) is 1. The molecule has 112 valence electrons. The van der Waals surface area contributed by atoms with E-state index in [1.54, 1.807) is 24.3 Å². The Kier molecular flexibility index (Phi) is 6.36. The van der Waals surface area contributed by atoms with Gasteiger partial charge in [0.1, 0.15) is 5.75 Å². The monoisotopic (exact) mass is 278 g/mol. The maximum absolute atomic E-state index is 11.8. The predicted octanol–water partition coefficient (Wildman–Crippen LogP) is 2.69. The quantitative estimate of drug-likeness (QED) is 0.754. The number of carbonyl (C=O) groups is 1. The highest BCUT2D eigenvalue weighted by atomic mass is 16.5. The number of hydrogen-bond donors (Lipinski definition) is 2. The van der Waals surface area contributed by atoms with Crippen molar-refractivity contribution in [2.75, 3.05) is 18.9 Å². The molecule has 0 aliphatic heterocycles. The van der Waals surface area contributed by atoms with Gasteiger partial charge < -0.3 is 15.8 Å². The standard InChI is InChI=1S/C16H26N2O2/c1-11(2)15(12(3)4)9-18-16(19)10-20-14-7-5-6-13(17)8-14/h5-8,11-12,15H,9-10,17H2,1-4H3,(H,18,19). The van der Waals surface area contributed by atoms with Crippen molar-refractivity contribution in [1.29, 1.82) is 0 Å². The number of ether oxygens (including phenoxy) is 1. The first-order valence-corrected chi connectivity index (χ1v) is 7.15. The first kappa shape index (κ1) is 16.3. The van der Waals surface area contributed by atoms with E-state index in [1.807, 2.05) is 0 Å². The molecule has 0 spiro atoms. The molecule has 0 bridgehead atoms. The smallest absolute Gasteiger partial charge is 0.257 e. The van der Waals surface area contributed by atoms with Crippen LogP contribution in [0.3, 0.4) is 0 Å². The highest BCUT2D eigenvalue weighted by Gasteiger charge is 2.18. The minimum absolute atomic E-state index is 0.0202. The van der Waals surface area contributed by atoms with E-state index in [0.29, 0.717) is 35.7 Å². The van der Waals surface area contributed by atoms with E-state index in [2.05, 4.69) is 33.0 Å². The molecular weight excluding hydrogens is 252 g/mol. The van der Waals surface area contributed by atoms with Crippen molar-refractivity contribution in [3.8, 4) is 5.75 Å². The number of amides is 1. The summed E-state index contributed by atoms with van der Waals surface area (Å²) >= 11 is 0. The molecule has 1 rings (SSSR count). The minimum Gasteiger partial charge on any atom is -0.484 e. The zero-order valence-corrected chi connectivity index (χ0v) is 12.8. The Morgan fingerprint density at radius 2 is 1.90 bits per heavy atom. The van der Waals surface area contributed by atoms with Gasteiger partial charge in [-0.15, -0.1) is 0 Å². The fourth-order valence-electron chi connectivity index (χ4n) is 2.28. The molecule has 0 saturated heterocycles. The summed E-state index contributed by atoms with van der Waals surface area (Å²) in [5.41, 5.74) is 6.28. The summed E-state index contributed by atoms with van der Waals surface area (Å²) in [6.45, 7) is 9.43. The normalized spacial score (nSPS) is 11.2. The highest BCUT2D eigenvalue weighted by molar-refractivity contribution is 5.77. The molecule has 1 amide bonds. The molecule has 0 atom stereocenters. The van der Waals surface area contributed by atoms with Crippen molar-refractivity contribution in [2.45, 2.75) is 27.7 Å². The van der Waals surface area contributed by atoms with Gasteiger partial charge in [-0.1, -0.05) is 33.8 Å². The van der Waals surface area contributed by atoms with E-state index in [9.17, 15) is 4.79 Å². The van der Waals surface area contributed by atoms with Crippen LogP contribution in [0, 0.1) is 17.8 Å². The molecular formula is C16H26N2O2. The van der Waals surface area contributed by atoms with E-state index < -0.39 is 0 Å². The van der Waals surface area contributed by atoms with E-state index >= 15 is 0 Å². The van der Waals surface area contributed by atoms with Gasteiger partial charge in [-0.05, 0) is 29.9 Å². The van der Waals surface area contributed by atoms with Crippen molar-refractivity contribution >= 4 is 11.6 Å². The number of rotatable bonds is 7. The Morgan fingerprint density at radius 1 is 1.25 bits per heavy atom. The predicted molar refractivity (Wildman–Crippen MR) is 82.5 cm³/mol. The lowest BCUT2D eigenvalue weighted by molar-refractivity contribution is -0.123. The number of nitrogen functional groups attached to an aromatic ring is 1. The number of nitrogens with one attached hydrogen (secondary N) is 1. The summed E-state index contributed by atoms with van der Waals surface area (Å²) < 4.78 is 5.41.